The third kappa shape index (κ3) is 4.56. The van der Waals surface area contributed by atoms with Gasteiger partial charge in [-0.05, 0) is 30.7 Å². The van der Waals surface area contributed by atoms with E-state index in [4.69, 9.17) is 4.74 Å². The van der Waals surface area contributed by atoms with Gasteiger partial charge in [-0.3, -0.25) is 0 Å². The van der Waals surface area contributed by atoms with Gasteiger partial charge in [-0.1, -0.05) is 19.1 Å². The molecule has 0 spiro atoms. The van der Waals surface area contributed by atoms with Gasteiger partial charge < -0.3 is 10.1 Å². The van der Waals surface area contributed by atoms with Crippen LogP contribution in [0.5, 0.6) is 0 Å². The maximum atomic E-state index is 12.0. The Balaban J connectivity index is 2.81. The monoisotopic (exact) mass is 300 g/mol. The second-order valence-electron chi connectivity index (χ2n) is 4.85. The summed E-state index contributed by atoms with van der Waals surface area (Å²) in [6.45, 7) is 3.56. The van der Waals surface area contributed by atoms with Crippen molar-refractivity contribution in [3.63, 3.8) is 0 Å². The highest BCUT2D eigenvalue weighted by Gasteiger charge is 2.17. The zero-order chi connectivity index (χ0) is 15.2. The molecule has 114 valence electrons. The van der Waals surface area contributed by atoms with Crippen molar-refractivity contribution in [3.8, 4) is 0 Å². The predicted octanol–water partition coefficient (Wildman–Crippen LogP) is 1.10. The van der Waals surface area contributed by atoms with Crippen LogP contribution < -0.4 is 5.32 Å². The third-order valence-corrected chi connectivity index (χ3v) is 4.87. The Hall–Kier alpha value is -0.950. The van der Waals surface area contributed by atoms with E-state index in [0.29, 0.717) is 11.5 Å². The van der Waals surface area contributed by atoms with E-state index >= 15 is 0 Å². The molecule has 20 heavy (non-hydrogen) atoms. The zero-order valence-electron chi connectivity index (χ0n) is 12.6. The Labute approximate surface area is 122 Å². The maximum absolute atomic E-state index is 12.0. The first kappa shape index (κ1) is 17.1. The number of methoxy groups -OCH3 is 1. The summed E-state index contributed by atoms with van der Waals surface area (Å²) in [5.74, 6) is 0. The van der Waals surface area contributed by atoms with Gasteiger partial charge in [0, 0.05) is 27.2 Å². The normalized spacial score (nSPS) is 13.7. The molecule has 0 amide bonds. The summed E-state index contributed by atoms with van der Waals surface area (Å²) in [5, 5.41) is 3.34. The highest BCUT2D eigenvalue weighted by Crippen LogP contribution is 2.15. The molecule has 0 saturated carbocycles. The molecule has 0 fully saturated rings. The Morgan fingerprint density at radius 1 is 1.25 bits per heavy atom. The van der Waals surface area contributed by atoms with Gasteiger partial charge in [0.2, 0.25) is 10.0 Å². The van der Waals surface area contributed by atoms with Crippen LogP contribution in [0.3, 0.4) is 0 Å². The molecule has 6 heteroatoms. The summed E-state index contributed by atoms with van der Waals surface area (Å²) in [6.07, 6.45) is 0.809. The van der Waals surface area contributed by atoms with Crippen molar-refractivity contribution >= 4 is 10.0 Å². The molecule has 0 aromatic heterocycles. The molecule has 1 rings (SSSR count). The number of likely N-dealkylation sites (N-methyl/N-ethyl adjacent to an activating group) is 1. The topological polar surface area (TPSA) is 58.6 Å². The number of hydrogen-bond acceptors (Lipinski definition) is 4. The van der Waals surface area contributed by atoms with E-state index in [0.717, 1.165) is 18.5 Å². The van der Waals surface area contributed by atoms with Gasteiger partial charge >= 0.3 is 0 Å². The van der Waals surface area contributed by atoms with Crippen LogP contribution >= 0.6 is 0 Å². The van der Waals surface area contributed by atoms with E-state index in [1.165, 1.54) is 18.4 Å². The van der Waals surface area contributed by atoms with Crippen molar-refractivity contribution < 1.29 is 13.2 Å². The molecule has 0 bridgehead atoms. The number of ether oxygens (including phenoxy) is 1. The maximum Gasteiger partial charge on any atom is 0.242 e. The lowest BCUT2D eigenvalue weighted by molar-refractivity contribution is 0.167. The molecule has 1 atom stereocenters. The lowest BCUT2D eigenvalue weighted by Crippen LogP contribution is -2.35. The predicted molar refractivity (Wildman–Crippen MR) is 80.4 cm³/mol. The van der Waals surface area contributed by atoms with Crippen LogP contribution in [0.15, 0.2) is 29.2 Å². The number of sulfonamides is 1. The van der Waals surface area contributed by atoms with Crippen molar-refractivity contribution in [2.45, 2.75) is 24.3 Å². The summed E-state index contributed by atoms with van der Waals surface area (Å²) in [7, 11) is 1.39. The van der Waals surface area contributed by atoms with E-state index in [9.17, 15) is 8.42 Å². The summed E-state index contributed by atoms with van der Waals surface area (Å²) in [5.41, 5.74) is 1.09. The third-order valence-electron chi connectivity index (χ3n) is 3.04. The van der Waals surface area contributed by atoms with Crippen molar-refractivity contribution in [1.29, 1.82) is 0 Å². The smallest absolute Gasteiger partial charge is 0.242 e. The van der Waals surface area contributed by atoms with E-state index in [1.54, 1.807) is 19.2 Å². The molecule has 1 unspecified atom stereocenters. The molecule has 0 aliphatic heterocycles. The Kier molecular flexibility index (Phi) is 6.61. The molecule has 1 aromatic rings. The van der Waals surface area contributed by atoms with E-state index in [1.807, 2.05) is 12.1 Å². The average Bonchev–Trinajstić information content (AvgIpc) is 2.39. The molecule has 0 heterocycles. The highest BCUT2D eigenvalue weighted by molar-refractivity contribution is 7.89. The molecular formula is C14H24N2O3S. The second kappa shape index (κ2) is 7.73. The number of nitrogens with zero attached hydrogens (tertiary/aromatic N) is 1. The van der Waals surface area contributed by atoms with Gasteiger partial charge in [0.25, 0.3) is 0 Å². The standard InChI is InChI=1S/C14H24N2O3S/c1-5-15-13(11-19-4)10-12-6-8-14(9-7-12)20(17,18)16(2)3/h6-9,13,15H,5,10-11H2,1-4H3. The summed E-state index contributed by atoms with van der Waals surface area (Å²) < 4.78 is 30.3. The fourth-order valence-corrected chi connectivity index (χ4v) is 2.87. The number of benzene rings is 1. The van der Waals surface area contributed by atoms with Crippen molar-refractivity contribution in [1.82, 2.24) is 9.62 Å². The Bertz CT molecular complexity index is 492. The average molecular weight is 300 g/mol. The molecule has 0 radical (unpaired) electrons. The van der Waals surface area contributed by atoms with Gasteiger partial charge in [0.1, 0.15) is 0 Å². The van der Waals surface area contributed by atoms with E-state index < -0.39 is 10.0 Å². The summed E-state index contributed by atoms with van der Waals surface area (Å²) in [4.78, 5) is 0.318. The fourth-order valence-electron chi connectivity index (χ4n) is 1.97. The minimum atomic E-state index is -3.35. The molecular weight excluding hydrogens is 276 g/mol. The Morgan fingerprint density at radius 3 is 2.30 bits per heavy atom. The van der Waals surface area contributed by atoms with Crippen molar-refractivity contribution in [2.75, 3.05) is 34.4 Å². The fraction of sp³-hybridized carbons (Fsp3) is 0.571. The summed E-state index contributed by atoms with van der Waals surface area (Å²) in [6, 6.07) is 7.26. The highest BCUT2D eigenvalue weighted by atomic mass is 32.2. The number of hydrogen-bond donors (Lipinski definition) is 1. The van der Waals surface area contributed by atoms with E-state index in [2.05, 4.69) is 12.2 Å². The molecule has 0 aliphatic rings. The number of rotatable bonds is 8. The molecule has 1 aromatic carbocycles. The Morgan fingerprint density at radius 2 is 1.85 bits per heavy atom. The minimum Gasteiger partial charge on any atom is -0.383 e. The van der Waals surface area contributed by atoms with Crippen molar-refractivity contribution in [3.05, 3.63) is 29.8 Å². The first-order valence-corrected chi connectivity index (χ1v) is 8.09. The first-order valence-electron chi connectivity index (χ1n) is 6.65. The molecule has 0 saturated heterocycles. The van der Waals surface area contributed by atoms with Crippen LogP contribution in [-0.2, 0) is 21.2 Å². The lowest BCUT2D eigenvalue weighted by atomic mass is 10.1. The van der Waals surface area contributed by atoms with Gasteiger partial charge in [-0.2, -0.15) is 0 Å². The van der Waals surface area contributed by atoms with Gasteiger partial charge in [0.15, 0.2) is 0 Å². The van der Waals surface area contributed by atoms with Gasteiger partial charge in [0.05, 0.1) is 11.5 Å². The van der Waals surface area contributed by atoms with Crippen LogP contribution in [0.1, 0.15) is 12.5 Å². The zero-order valence-corrected chi connectivity index (χ0v) is 13.4. The van der Waals surface area contributed by atoms with Crippen LogP contribution in [0, 0.1) is 0 Å². The first-order chi connectivity index (χ1) is 9.41. The molecule has 1 N–H and O–H groups in total. The minimum absolute atomic E-state index is 0.237. The SMILES string of the molecule is CCNC(COC)Cc1ccc(S(=O)(=O)N(C)C)cc1. The lowest BCUT2D eigenvalue weighted by Gasteiger charge is -2.17. The van der Waals surface area contributed by atoms with Gasteiger partial charge in [-0.25, -0.2) is 12.7 Å². The van der Waals surface area contributed by atoms with Crippen LogP contribution in [0.2, 0.25) is 0 Å². The van der Waals surface area contributed by atoms with Crippen LogP contribution in [0.25, 0.3) is 0 Å². The number of nitrogens with one attached hydrogen (secondary N) is 1. The largest absolute Gasteiger partial charge is 0.383 e. The molecule has 0 aliphatic carbocycles. The molecule has 5 nitrogen and oxygen atoms in total. The quantitative estimate of drug-likeness (QED) is 0.781. The van der Waals surface area contributed by atoms with Crippen LogP contribution in [0.4, 0.5) is 0 Å². The van der Waals surface area contributed by atoms with Crippen LogP contribution in [-0.4, -0.2) is 53.1 Å². The van der Waals surface area contributed by atoms with E-state index in [-0.39, 0.29) is 6.04 Å². The summed E-state index contributed by atoms with van der Waals surface area (Å²) >= 11 is 0. The van der Waals surface area contributed by atoms with Crippen molar-refractivity contribution in [2.24, 2.45) is 0 Å². The van der Waals surface area contributed by atoms with Gasteiger partial charge in [-0.15, -0.1) is 0 Å². The second-order valence-corrected chi connectivity index (χ2v) is 7.00.